The zero-order chi connectivity index (χ0) is 31.7. The second-order valence-electron chi connectivity index (χ2n) is 10.3. The first-order valence-electron chi connectivity index (χ1n) is 12.5. The van der Waals surface area contributed by atoms with E-state index in [0.29, 0.717) is 5.69 Å². The van der Waals surface area contributed by atoms with Crippen molar-refractivity contribution in [2.24, 2.45) is 4.99 Å². The fourth-order valence-corrected chi connectivity index (χ4v) is 4.58. The highest BCUT2D eigenvalue weighted by molar-refractivity contribution is 7.74. The van der Waals surface area contributed by atoms with Gasteiger partial charge in [-0.25, -0.2) is 32.1 Å². The minimum absolute atomic E-state index is 0.0554. The molecule has 0 aliphatic heterocycles. The first-order chi connectivity index (χ1) is 19.5. The van der Waals surface area contributed by atoms with Gasteiger partial charge in [-0.1, -0.05) is 0 Å². The smallest absolute Gasteiger partial charge is 0.437 e. The Morgan fingerprint density at radius 2 is 1.62 bits per heavy atom. The number of nitrogens with one attached hydrogen (secondary N) is 3. The molecule has 0 aliphatic rings. The molecule has 42 heavy (non-hydrogen) atoms. The Labute approximate surface area is 248 Å². The number of nitrogens with zero attached hydrogens (tertiary/aromatic N) is 3. The van der Waals surface area contributed by atoms with Crippen LogP contribution in [0, 0.1) is 0 Å². The number of anilines is 3. The Morgan fingerprint density at radius 1 is 1.00 bits per heavy atom. The van der Waals surface area contributed by atoms with E-state index >= 15 is 0 Å². The summed E-state index contributed by atoms with van der Waals surface area (Å²) in [4.78, 5) is 56.7. The lowest BCUT2D eigenvalue weighted by Crippen LogP contribution is -2.46. The molecule has 1 aromatic heterocycles. The van der Waals surface area contributed by atoms with Gasteiger partial charge in [-0.15, -0.1) is 16.3 Å². The number of thiazole rings is 1. The van der Waals surface area contributed by atoms with Gasteiger partial charge in [0.15, 0.2) is 5.69 Å². The summed E-state index contributed by atoms with van der Waals surface area (Å²) in [5.41, 5.74) is -0.0187. The molecular weight excluding hydrogens is 592 g/mol. The third-order valence-electron chi connectivity index (χ3n) is 4.40. The van der Waals surface area contributed by atoms with Crippen LogP contribution in [0.5, 0.6) is 0 Å². The number of aromatic nitrogens is 1. The number of rotatable bonds is 8. The fraction of sp³-hybridized carbons (Fsp3) is 0.440. The summed E-state index contributed by atoms with van der Waals surface area (Å²) in [7, 11) is -3.21. The molecule has 0 saturated carbocycles. The van der Waals surface area contributed by atoms with Crippen molar-refractivity contribution >= 4 is 68.6 Å². The summed E-state index contributed by atoms with van der Waals surface area (Å²) in [6.45, 7) is 11.1. The van der Waals surface area contributed by atoms with E-state index in [4.69, 9.17) is 14.2 Å². The molecule has 230 valence electrons. The van der Waals surface area contributed by atoms with E-state index in [-0.39, 0.29) is 28.9 Å². The topological polar surface area (TPSA) is 195 Å². The second-order valence-corrected chi connectivity index (χ2v) is 12.0. The molecular formula is C25H34N6O9S2. The molecule has 0 atom stereocenters. The summed E-state index contributed by atoms with van der Waals surface area (Å²) in [5, 5.41) is 7.46. The van der Waals surface area contributed by atoms with Crippen LogP contribution >= 0.6 is 11.3 Å². The van der Waals surface area contributed by atoms with Gasteiger partial charge in [0, 0.05) is 5.69 Å². The standard InChI is InChI=1S/C25H34N6O9S2/c1-8-38-20(33)18-19(41-14-27-18)31(42(36)37)16-11-9-15(10-12-16)28-17(32)13-26-21(29-22(34)39-24(2,3)4)30-23(35)40-25(5,6)7/h9-12,14,42H,8,13H2,1-7H3,(H,28,32)(H2,26,29,30,34,35). The minimum atomic E-state index is -3.21. The molecule has 3 N–H and O–H groups in total. The Bertz CT molecular complexity index is 1380. The van der Waals surface area contributed by atoms with Gasteiger partial charge in [0.05, 0.1) is 24.3 Å². The Hall–Kier alpha value is -4.25. The van der Waals surface area contributed by atoms with E-state index in [1.165, 1.54) is 29.8 Å². The van der Waals surface area contributed by atoms with Gasteiger partial charge in [-0.05, 0) is 72.7 Å². The van der Waals surface area contributed by atoms with Crippen LogP contribution in [0.4, 0.5) is 26.0 Å². The highest BCUT2D eigenvalue weighted by Gasteiger charge is 2.24. The van der Waals surface area contributed by atoms with Crippen LogP contribution in [0.15, 0.2) is 34.8 Å². The lowest BCUT2D eigenvalue weighted by atomic mass is 10.2. The van der Waals surface area contributed by atoms with Gasteiger partial charge in [0.25, 0.3) is 0 Å². The highest BCUT2D eigenvalue weighted by atomic mass is 32.2. The van der Waals surface area contributed by atoms with Crippen LogP contribution in [-0.2, 0) is 29.9 Å². The zero-order valence-corrected chi connectivity index (χ0v) is 25.9. The average molecular weight is 627 g/mol. The van der Waals surface area contributed by atoms with Crippen molar-refractivity contribution in [2.45, 2.75) is 59.7 Å². The molecule has 0 bridgehead atoms. The van der Waals surface area contributed by atoms with Gasteiger partial charge < -0.3 is 24.8 Å². The third kappa shape index (κ3) is 11.3. The number of hydrogen-bond acceptors (Lipinski definition) is 11. The minimum Gasteiger partial charge on any atom is -0.461 e. The van der Waals surface area contributed by atoms with Crippen LogP contribution in [0.25, 0.3) is 0 Å². The van der Waals surface area contributed by atoms with E-state index in [2.05, 4.69) is 25.9 Å². The van der Waals surface area contributed by atoms with Gasteiger partial charge >= 0.3 is 18.2 Å². The van der Waals surface area contributed by atoms with Gasteiger partial charge in [-0.2, -0.15) is 0 Å². The number of aliphatic imine (C=N–C) groups is 1. The Morgan fingerprint density at radius 3 is 2.17 bits per heavy atom. The van der Waals surface area contributed by atoms with Crippen molar-refractivity contribution in [1.82, 2.24) is 15.6 Å². The highest BCUT2D eigenvalue weighted by Crippen LogP contribution is 2.33. The molecule has 1 heterocycles. The van der Waals surface area contributed by atoms with E-state index in [9.17, 15) is 27.6 Å². The fourth-order valence-electron chi connectivity index (χ4n) is 2.96. The number of amides is 3. The van der Waals surface area contributed by atoms with Crippen molar-refractivity contribution in [3.8, 4) is 0 Å². The molecule has 0 radical (unpaired) electrons. The zero-order valence-electron chi connectivity index (χ0n) is 24.2. The lowest BCUT2D eigenvalue weighted by molar-refractivity contribution is -0.115. The molecule has 17 heteroatoms. The Kier molecular flexibility index (Phi) is 11.8. The summed E-state index contributed by atoms with van der Waals surface area (Å²) in [5.74, 6) is -1.73. The van der Waals surface area contributed by atoms with E-state index in [1.54, 1.807) is 48.5 Å². The first-order valence-corrected chi connectivity index (χ1v) is 14.5. The summed E-state index contributed by atoms with van der Waals surface area (Å²) < 4.78 is 40.3. The van der Waals surface area contributed by atoms with Crippen molar-refractivity contribution < 1.29 is 41.8 Å². The summed E-state index contributed by atoms with van der Waals surface area (Å²) >= 11 is 0.942. The van der Waals surface area contributed by atoms with E-state index in [0.717, 1.165) is 15.6 Å². The lowest BCUT2D eigenvalue weighted by Gasteiger charge is -2.21. The number of carbonyl (C=O) groups excluding carboxylic acids is 4. The van der Waals surface area contributed by atoms with Crippen LogP contribution in [0.2, 0.25) is 0 Å². The van der Waals surface area contributed by atoms with Crippen LogP contribution in [0.3, 0.4) is 0 Å². The van der Waals surface area contributed by atoms with Crippen molar-refractivity contribution in [3.63, 3.8) is 0 Å². The van der Waals surface area contributed by atoms with Crippen LogP contribution in [0.1, 0.15) is 59.0 Å². The number of alkyl carbamates (subject to hydrolysis) is 1. The Balaban J connectivity index is 2.14. The number of guanidine groups is 1. The maximum Gasteiger partial charge on any atom is 0.437 e. The maximum atomic E-state index is 12.6. The molecule has 1 aromatic carbocycles. The normalized spacial score (nSPS) is 11.9. The van der Waals surface area contributed by atoms with Gasteiger partial charge in [0.2, 0.25) is 22.8 Å². The third-order valence-corrected chi connectivity index (χ3v) is 6.10. The van der Waals surface area contributed by atoms with Crippen molar-refractivity contribution in [3.05, 3.63) is 35.5 Å². The average Bonchev–Trinajstić information content (AvgIpc) is 3.30. The predicted octanol–water partition coefficient (Wildman–Crippen LogP) is 3.33. The molecule has 0 saturated heterocycles. The number of esters is 1. The summed E-state index contributed by atoms with van der Waals surface area (Å²) in [6, 6.07) is 5.72. The van der Waals surface area contributed by atoms with Crippen LogP contribution in [-0.4, -0.2) is 67.8 Å². The molecule has 0 unspecified atom stereocenters. The predicted molar refractivity (Wildman–Crippen MR) is 157 cm³/mol. The number of benzene rings is 1. The molecule has 0 spiro atoms. The molecule has 2 aromatic rings. The largest absolute Gasteiger partial charge is 0.461 e. The quantitative estimate of drug-likeness (QED) is 0.110. The number of thiol groups is 1. The van der Waals surface area contributed by atoms with Gasteiger partial charge in [0.1, 0.15) is 16.2 Å². The molecule has 15 nitrogen and oxygen atoms in total. The second kappa shape index (κ2) is 14.6. The van der Waals surface area contributed by atoms with Crippen molar-refractivity contribution in [2.75, 3.05) is 22.8 Å². The SMILES string of the molecule is CCOC(=O)c1ncsc1N(c1ccc(NC(=O)CNC(=NC(=O)OC(C)(C)C)NC(=O)OC(C)(C)C)cc1)[SH](=O)=O. The maximum absolute atomic E-state index is 12.6. The number of carbonyl (C=O) groups is 4. The molecule has 2 rings (SSSR count). The number of hydrogen-bond donors (Lipinski definition) is 4. The summed E-state index contributed by atoms with van der Waals surface area (Å²) in [6.07, 6.45) is -1.92. The van der Waals surface area contributed by atoms with Gasteiger partial charge in [-0.3, -0.25) is 10.1 Å². The monoisotopic (exact) mass is 626 g/mol. The van der Waals surface area contributed by atoms with E-state index < -0.39 is 52.7 Å². The van der Waals surface area contributed by atoms with Crippen LogP contribution < -0.4 is 20.3 Å². The van der Waals surface area contributed by atoms with Crippen molar-refractivity contribution in [1.29, 1.82) is 0 Å². The molecule has 0 fully saturated rings. The number of ether oxygens (including phenoxy) is 3. The van der Waals surface area contributed by atoms with E-state index in [1.807, 2.05) is 0 Å². The molecule has 3 amide bonds. The molecule has 0 aliphatic carbocycles. The first kappa shape index (κ1) is 34.0.